The molecule has 0 unspecified atom stereocenters. The second-order valence-electron chi connectivity index (χ2n) is 8.45. The van der Waals surface area contributed by atoms with Gasteiger partial charge >= 0.3 is 0 Å². The van der Waals surface area contributed by atoms with Crippen molar-refractivity contribution in [2.45, 2.75) is 20.8 Å². The van der Waals surface area contributed by atoms with Gasteiger partial charge in [-0.2, -0.15) is 0 Å². The van der Waals surface area contributed by atoms with Crippen molar-refractivity contribution >= 4 is 46.9 Å². The van der Waals surface area contributed by atoms with E-state index in [9.17, 15) is 19.5 Å². The number of rotatable bonds is 6. The average molecular weight is 519 g/mol. The van der Waals surface area contributed by atoms with Crippen molar-refractivity contribution in [1.29, 1.82) is 0 Å². The Morgan fingerprint density at radius 3 is 2.32 bits per heavy atom. The normalized spacial score (nSPS) is 14.7. The Morgan fingerprint density at radius 2 is 1.70 bits per heavy atom. The summed E-state index contributed by atoms with van der Waals surface area (Å²) in [6, 6.07) is 11.5. The van der Waals surface area contributed by atoms with Crippen LogP contribution >= 0.6 is 12.2 Å². The number of nitrogens with one attached hydrogen (secondary N) is 1. The Kier molecular flexibility index (Phi) is 6.86. The molecule has 2 aromatic carbocycles. The Bertz CT molecular complexity index is 1500. The zero-order valence-electron chi connectivity index (χ0n) is 20.9. The average Bonchev–Trinajstić information content (AvgIpc) is 3.14. The molecule has 4 rings (SSSR count). The topological polar surface area (TPSA) is 113 Å². The van der Waals surface area contributed by atoms with Crippen LogP contribution in [0.2, 0.25) is 0 Å². The summed E-state index contributed by atoms with van der Waals surface area (Å²) in [6.07, 6.45) is 1.52. The number of methoxy groups -OCH3 is 2. The summed E-state index contributed by atoms with van der Waals surface area (Å²) < 4.78 is 12.6. The Hall–Kier alpha value is -4.44. The number of benzene rings is 2. The third-order valence-electron chi connectivity index (χ3n) is 6.17. The van der Waals surface area contributed by atoms with Gasteiger partial charge in [-0.05, 0) is 86.1 Å². The summed E-state index contributed by atoms with van der Waals surface area (Å²) in [6.45, 7) is 5.54. The lowest BCUT2D eigenvalue weighted by Crippen LogP contribution is -2.54. The minimum absolute atomic E-state index is 0.0651. The fraction of sp³-hybridized carbons (Fsp3) is 0.185. The van der Waals surface area contributed by atoms with Gasteiger partial charge in [0.15, 0.2) is 5.11 Å². The highest BCUT2D eigenvalue weighted by molar-refractivity contribution is 7.80. The van der Waals surface area contributed by atoms with Crippen LogP contribution in [0.3, 0.4) is 0 Å². The summed E-state index contributed by atoms with van der Waals surface area (Å²) in [5.74, 6) is -1.58. The predicted octanol–water partition coefficient (Wildman–Crippen LogP) is 2.61. The molecule has 9 nitrogen and oxygen atoms in total. The van der Waals surface area contributed by atoms with Crippen molar-refractivity contribution in [1.82, 2.24) is 9.88 Å². The van der Waals surface area contributed by atoms with Crippen molar-refractivity contribution in [3.8, 4) is 17.2 Å². The number of carboxylic acid groups (broad SMARTS) is 1. The number of ether oxygens (including phenoxy) is 2. The smallest absolute Gasteiger partial charge is 0.270 e. The van der Waals surface area contributed by atoms with Gasteiger partial charge in [0.25, 0.3) is 11.8 Å². The quantitative estimate of drug-likeness (QED) is 0.303. The van der Waals surface area contributed by atoms with E-state index in [1.807, 2.05) is 24.5 Å². The molecule has 0 spiro atoms. The van der Waals surface area contributed by atoms with Crippen molar-refractivity contribution in [3.05, 3.63) is 76.1 Å². The number of hydrogen-bond acceptors (Lipinski definition) is 7. The number of aromatic nitrogens is 1. The van der Waals surface area contributed by atoms with Gasteiger partial charge in [0, 0.05) is 23.1 Å². The lowest BCUT2D eigenvalue weighted by atomic mass is 10.1. The fourth-order valence-corrected chi connectivity index (χ4v) is 4.61. The summed E-state index contributed by atoms with van der Waals surface area (Å²) in [5.41, 5.74) is 4.09. The first-order valence-electron chi connectivity index (χ1n) is 11.2. The van der Waals surface area contributed by atoms with Gasteiger partial charge in [-0.3, -0.25) is 14.9 Å². The van der Waals surface area contributed by atoms with Crippen LogP contribution in [-0.2, 0) is 9.59 Å². The monoisotopic (exact) mass is 518 g/mol. The van der Waals surface area contributed by atoms with E-state index in [1.165, 1.54) is 31.3 Å². The van der Waals surface area contributed by atoms with Crippen LogP contribution in [0.25, 0.3) is 11.8 Å². The van der Waals surface area contributed by atoms with Gasteiger partial charge in [0.2, 0.25) is 0 Å². The number of thiocarbonyl (C=S) groups is 1. The zero-order chi connectivity index (χ0) is 27.0. The van der Waals surface area contributed by atoms with Crippen molar-refractivity contribution in [3.63, 3.8) is 0 Å². The molecule has 1 N–H and O–H groups in total. The Morgan fingerprint density at radius 1 is 1.00 bits per heavy atom. The van der Waals surface area contributed by atoms with Crippen LogP contribution in [0.1, 0.15) is 32.9 Å². The van der Waals surface area contributed by atoms with E-state index in [-0.39, 0.29) is 16.2 Å². The predicted molar refractivity (Wildman–Crippen MR) is 140 cm³/mol. The molecule has 1 aliphatic rings. The molecule has 1 aliphatic heterocycles. The third-order valence-corrected chi connectivity index (χ3v) is 6.46. The number of amides is 2. The number of carbonyl (C=O) groups is 3. The van der Waals surface area contributed by atoms with E-state index in [0.717, 1.165) is 22.6 Å². The molecule has 10 heteroatoms. The third kappa shape index (κ3) is 4.58. The first-order chi connectivity index (χ1) is 17.6. The van der Waals surface area contributed by atoms with Crippen molar-refractivity contribution in [2.75, 3.05) is 19.1 Å². The largest absolute Gasteiger partial charge is 0.545 e. The van der Waals surface area contributed by atoms with Crippen LogP contribution in [0.5, 0.6) is 11.5 Å². The number of carboxylic acids is 1. The van der Waals surface area contributed by atoms with E-state index in [4.69, 9.17) is 21.7 Å². The molecule has 0 saturated carbocycles. The van der Waals surface area contributed by atoms with Gasteiger partial charge in [0.05, 0.1) is 25.9 Å². The number of carbonyl (C=O) groups excluding carboxylic acids is 3. The number of hydrogen-bond donors (Lipinski definition) is 1. The highest BCUT2D eigenvalue weighted by Crippen LogP contribution is 2.35. The van der Waals surface area contributed by atoms with Crippen molar-refractivity contribution in [2.24, 2.45) is 0 Å². The molecule has 37 heavy (non-hydrogen) atoms. The molecule has 0 aliphatic carbocycles. The van der Waals surface area contributed by atoms with Crippen LogP contribution in [0.4, 0.5) is 5.69 Å². The van der Waals surface area contributed by atoms with Crippen molar-refractivity contribution < 1.29 is 29.0 Å². The molecule has 190 valence electrons. The van der Waals surface area contributed by atoms with Gasteiger partial charge in [-0.25, -0.2) is 4.90 Å². The highest BCUT2D eigenvalue weighted by Gasteiger charge is 2.36. The number of nitrogens with zero attached hydrogens (tertiary/aromatic N) is 2. The minimum Gasteiger partial charge on any atom is -0.545 e. The van der Waals surface area contributed by atoms with E-state index < -0.39 is 17.8 Å². The molecule has 1 aromatic heterocycles. The van der Waals surface area contributed by atoms with Gasteiger partial charge in [0.1, 0.15) is 17.1 Å². The second kappa shape index (κ2) is 9.90. The lowest BCUT2D eigenvalue weighted by Gasteiger charge is -2.30. The summed E-state index contributed by atoms with van der Waals surface area (Å²) >= 11 is 5.32. The first-order valence-corrected chi connectivity index (χ1v) is 11.6. The molecular formula is C27H24N3O6S-. The maximum absolute atomic E-state index is 13.6. The second-order valence-corrected chi connectivity index (χ2v) is 8.83. The molecule has 0 bridgehead atoms. The summed E-state index contributed by atoms with van der Waals surface area (Å²) in [5, 5.41) is 13.7. The molecule has 2 amide bonds. The Labute approximate surface area is 218 Å². The van der Waals surface area contributed by atoms with Gasteiger partial charge < -0.3 is 23.9 Å². The molecule has 2 heterocycles. The number of aromatic carboxylic acids is 1. The van der Waals surface area contributed by atoms with Gasteiger partial charge in [-0.15, -0.1) is 0 Å². The zero-order valence-corrected chi connectivity index (χ0v) is 21.7. The molecule has 0 atom stereocenters. The minimum atomic E-state index is -1.25. The van der Waals surface area contributed by atoms with Gasteiger partial charge in [-0.1, -0.05) is 6.07 Å². The molecule has 1 saturated heterocycles. The summed E-state index contributed by atoms with van der Waals surface area (Å²) in [4.78, 5) is 38.8. The lowest BCUT2D eigenvalue weighted by molar-refractivity contribution is -0.255. The van der Waals surface area contributed by atoms with E-state index in [0.29, 0.717) is 22.7 Å². The standard InChI is InChI=1S/C27H25N3O6S/c1-14-10-17(26(33)34)6-8-21(14)29-15(2)11-18(16(29)3)12-20-24(31)28-27(37)30(25(20)32)22-9-7-19(35-4)13-23(22)36-5/h6-13H,1-5H3,(H,33,34)(H,28,31,37)/p-1/b20-12+. The maximum atomic E-state index is 13.6. The molecule has 1 fully saturated rings. The van der Waals surface area contributed by atoms with Crippen LogP contribution in [0, 0.1) is 20.8 Å². The molecular weight excluding hydrogens is 494 g/mol. The fourth-order valence-electron chi connectivity index (χ4n) is 4.34. The summed E-state index contributed by atoms with van der Waals surface area (Å²) in [7, 11) is 2.98. The molecule has 0 radical (unpaired) electrons. The Balaban J connectivity index is 1.77. The number of aryl methyl sites for hydroxylation is 2. The van der Waals surface area contributed by atoms with E-state index >= 15 is 0 Å². The van der Waals surface area contributed by atoms with E-state index in [1.54, 1.807) is 37.3 Å². The first kappa shape index (κ1) is 25.6. The van der Waals surface area contributed by atoms with Crippen LogP contribution in [0.15, 0.2) is 48.0 Å². The van der Waals surface area contributed by atoms with E-state index in [2.05, 4.69) is 5.32 Å². The number of anilines is 1. The SMILES string of the molecule is COc1ccc(N2C(=O)/C(=C/c3cc(C)n(-c4ccc(C(=O)[O-])cc4C)c3C)C(=O)NC2=S)c(OC)c1. The highest BCUT2D eigenvalue weighted by atomic mass is 32.1. The maximum Gasteiger partial charge on any atom is 0.270 e. The molecule has 3 aromatic rings. The van der Waals surface area contributed by atoms with Crippen LogP contribution in [-0.4, -0.2) is 41.7 Å². The van der Waals surface area contributed by atoms with Crippen LogP contribution < -0.4 is 24.8 Å².